The second kappa shape index (κ2) is 8.06. The van der Waals surface area contributed by atoms with E-state index >= 15 is 0 Å². The van der Waals surface area contributed by atoms with Gasteiger partial charge in [-0.05, 0) is 37.6 Å². The van der Waals surface area contributed by atoms with Crippen molar-refractivity contribution in [3.8, 4) is 17.2 Å². The van der Waals surface area contributed by atoms with Crippen LogP contribution in [-0.2, 0) is 16.1 Å². The highest BCUT2D eigenvalue weighted by Crippen LogP contribution is 2.38. The number of carbonyl (C=O) groups excluding carboxylic acids is 1. The summed E-state index contributed by atoms with van der Waals surface area (Å²) in [6.45, 7) is 4.59. The molecule has 23 heavy (non-hydrogen) atoms. The zero-order valence-corrected chi connectivity index (χ0v) is 14.3. The third kappa shape index (κ3) is 4.07. The van der Waals surface area contributed by atoms with Gasteiger partial charge < -0.3 is 18.9 Å². The molecule has 0 amide bonds. The van der Waals surface area contributed by atoms with Gasteiger partial charge in [0.2, 0.25) is 5.75 Å². The molecule has 0 aliphatic carbocycles. The van der Waals surface area contributed by atoms with Gasteiger partial charge >= 0.3 is 5.97 Å². The SMILES string of the molecule is CCOC(=O)C1CCN(Cc2cc(OC)c(OC)c(OC)c2)C1. The number of benzene rings is 1. The van der Waals surface area contributed by atoms with Crippen molar-refractivity contribution in [1.82, 2.24) is 4.90 Å². The van der Waals surface area contributed by atoms with E-state index in [0.717, 1.165) is 31.6 Å². The molecule has 0 bridgehead atoms. The van der Waals surface area contributed by atoms with Gasteiger partial charge in [0.1, 0.15) is 0 Å². The molecule has 1 aromatic carbocycles. The Bertz CT molecular complexity index is 521. The molecule has 1 aliphatic rings. The summed E-state index contributed by atoms with van der Waals surface area (Å²) in [5, 5.41) is 0. The zero-order chi connectivity index (χ0) is 16.8. The predicted octanol–water partition coefficient (Wildman–Crippen LogP) is 2.10. The van der Waals surface area contributed by atoms with E-state index in [9.17, 15) is 4.79 Å². The zero-order valence-electron chi connectivity index (χ0n) is 14.3. The first-order valence-corrected chi connectivity index (χ1v) is 7.80. The fourth-order valence-corrected chi connectivity index (χ4v) is 2.91. The van der Waals surface area contributed by atoms with E-state index in [1.165, 1.54) is 0 Å². The highest BCUT2D eigenvalue weighted by molar-refractivity contribution is 5.73. The molecule has 2 rings (SSSR count). The van der Waals surface area contributed by atoms with Crippen molar-refractivity contribution in [1.29, 1.82) is 0 Å². The van der Waals surface area contributed by atoms with Crippen molar-refractivity contribution in [2.24, 2.45) is 5.92 Å². The summed E-state index contributed by atoms with van der Waals surface area (Å²) in [4.78, 5) is 14.1. The van der Waals surface area contributed by atoms with Gasteiger partial charge in [0.15, 0.2) is 11.5 Å². The quantitative estimate of drug-likeness (QED) is 0.716. The third-order valence-electron chi connectivity index (χ3n) is 4.02. The number of ether oxygens (including phenoxy) is 4. The van der Waals surface area contributed by atoms with Crippen LogP contribution in [0.1, 0.15) is 18.9 Å². The Balaban J connectivity index is 2.07. The summed E-state index contributed by atoms with van der Waals surface area (Å²) in [6.07, 6.45) is 0.837. The van der Waals surface area contributed by atoms with Crippen molar-refractivity contribution < 1.29 is 23.7 Å². The maximum atomic E-state index is 11.8. The molecule has 1 fully saturated rings. The molecular formula is C17H25NO5. The maximum Gasteiger partial charge on any atom is 0.310 e. The van der Waals surface area contributed by atoms with Crippen LogP contribution in [0.2, 0.25) is 0 Å². The lowest BCUT2D eigenvalue weighted by molar-refractivity contribution is -0.147. The summed E-state index contributed by atoms with van der Waals surface area (Å²) in [6, 6.07) is 3.89. The fourth-order valence-electron chi connectivity index (χ4n) is 2.91. The smallest absolute Gasteiger partial charge is 0.310 e. The van der Waals surface area contributed by atoms with Gasteiger partial charge in [-0.2, -0.15) is 0 Å². The number of nitrogens with zero attached hydrogens (tertiary/aromatic N) is 1. The second-order valence-electron chi connectivity index (χ2n) is 5.51. The van der Waals surface area contributed by atoms with Crippen LogP contribution in [0.15, 0.2) is 12.1 Å². The van der Waals surface area contributed by atoms with Gasteiger partial charge in [-0.1, -0.05) is 0 Å². The fraction of sp³-hybridized carbons (Fsp3) is 0.588. The molecule has 1 saturated heterocycles. The molecule has 1 atom stereocenters. The number of likely N-dealkylation sites (tertiary alicyclic amines) is 1. The van der Waals surface area contributed by atoms with Crippen LogP contribution in [0, 0.1) is 5.92 Å². The molecule has 1 aromatic rings. The van der Waals surface area contributed by atoms with Crippen molar-refractivity contribution in [2.45, 2.75) is 19.9 Å². The van der Waals surface area contributed by atoms with Gasteiger partial charge in [-0.15, -0.1) is 0 Å². The molecule has 1 unspecified atom stereocenters. The lowest BCUT2D eigenvalue weighted by Gasteiger charge is -2.18. The first-order valence-electron chi connectivity index (χ1n) is 7.80. The van der Waals surface area contributed by atoms with Crippen LogP contribution in [0.4, 0.5) is 0 Å². The van der Waals surface area contributed by atoms with E-state index in [1.807, 2.05) is 19.1 Å². The number of carbonyl (C=O) groups is 1. The first-order chi connectivity index (χ1) is 11.1. The number of hydrogen-bond acceptors (Lipinski definition) is 6. The van der Waals surface area contributed by atoms with Gasteiger partial charge in [-0.3, -0.25) is 9.69 Å². The van der Waals surface area contributed by atoms with E-state index in [4.69, 9.17) is 18.9 Å². The lowest BCUT2D eigenvalue weighted by Crippen LogP contribution is -2.24. The largest absolute Gasteiger partial charge is 0.493 e. The molecule has 0 N–H and O–H groups in total. The van der Waals surface area contributed by atoms with Gasteiger partial charge in [0.05, 0.1) is 33.9 Å². The van der Waals surface area contributed by atoms with Crippen LogP contribution in [-0.4, -0.2) is 51.9 Å². The summed E-state index contributed by atoms with van der Waals surface area (Å²) < 4.78 is 21.2. The minimum Gasteiger partial charge on any atom is -0.493 e. The Morgan fingerprint density at radius 3 is 2.35 bits per heavy atom. The Morgan fingerprint density at radius 1 is 1.17 bits per heavy atom. The monoisotopic (exact) mass is 323 g/mol. The Kier molecular flexibility index (Phi) is 6.10. The van der Waals surface area contributed by atoms with Gasteiger partial charge in [0, 0.05) is 13.1 Å². The highest BCUT2D eigenvalue weighted by atomic mass is 16.5. The van der Waals surface area contributed by atoms with Crippen LogP contribution >= 0.6 is 0 Å². The van der Waals surface area contributed by atoms with Crippen LogP contribution in [0.25, 0.3) is 0 Å². The molecule has 0 aromatic heterocycles. The van der Waals surface area contributed by atoms with Crippen molar-refractivity contribution in [2.75, 3.05) is 41.0 Å². The number of methoxy groups -OCH3 is 3. The Morgan fingerprint density at radius 2 is 1.83 bits per heavy atom. The standard InChI is InChI=1S/C17H25NO5/c1-5-23-17(19)13-6-7-18(11-13)10-12-8-14(20-2)16(22-4)15(9-12)21-3/h8-9,13H,5-7,10-11H2,1-4H3. The van der Waals surface area contributed by atoms with Gasteiger partial charge in [0.25, 0.3) is 0 Å². The Labute approximate surface area is 137 Å². The van der Waals surface area contributed by atoms with Crippen molar-refractivity contribution >= 4 is 5.97 Å². The second-order valence-corrected chi connectivity index (χ2v) is 5.51. The molecular weight excluding hydrogens is 298 g/mol. The van der Waals surface area contributed by atoms with E-state index in [1.54, 1.807) is 21.3 Å². The normalized spacial score (nSPS) is 17.8. The molecule has 1 heterocycles. The van der Waals surface area contributed by atoms with Gasteiger partial charge in [-0.25, -0.2) is 0 Å². The third-order valence-corrected chi connectivity index (χ3v) is 4.02. The lowest BCUT2D eigenvalue weighted by atomic mass is 10.1. The summed E-state index contributed by atoms with van der Waals surface area (Å²) >= 11 is 0. The molecule has 6 nitrogen and oxygen atoms in total. The molecule has 6 heteroatoms. The average molecular weight is 323 g/mol. The van der Waals surface area contributed by atoms with Crippen LogP contribution < -0.4 is 14.2 Å². The minimum absolute atomic E-state index is 0.0306. The first kappa shape index (κ1) is 17.4. The average Bonchev–Trinajstić information content (AvgIpc) is 3.02. The molecule has 0 saturated carbocycles. The summed E-state index contributed by atoms with van der Waals surface area (Å²) in [5.74, 6) is 1.74. The number of rotatable bonds is 7. The maximum absolute atomic E-state index is 11.8. The predicted molar refractivity (Wildman–Crippen MR) is 86.1 cm³/mol. The molecule has 1 aliphatic heterocycles. The molecule has 0 radical (unpaired) electrons. The van der Waals surface area contributed by atoms with Crippen molar-refractivity contribution in [3.05, 3.63) is 17.7 Å². The van der Waals surface area contributed by atoms with E-state index in [-0.39, 0.29) is 11.9 Å². The topological polar surface area (TPSA) is 57.2 Å². The Hall–Kier alpha value is -1.95. The van der Waals surface area contributed by atoms with Crippen LogP contribution in [0.5, 0.6) is 17.2 Å². The van der Waals surface area contributed by atoms with E-state index < -0.39 is 0 Å². The highest BCUT2D eigenvalue weighted by Gasteiger charge is 2.29. The molecule has 128 valence electrons. The van der Waals surface area contributed by atoms with E-state index in [2.05, 4.69) is 4.90 Å². The molecule has 0 spiro atoms. The number of hydrogen-bond donors (Lipinski definition) is 0. The number of esters is 1. The minimum atomic E-state index is -0.0973. The van der Waals surface area contributed by atoms with E-state index in [0.29, 0.717) is 23.9 Å². The van der Waals surface area contributed by atoms with Crippen molar-refractivity contribution in [3.63, 3.8) is 0 Å². The van der Waals surface area contributed by atoms with Crippen LogP contribution in [0.3, 0.4) is 0 Å². The summed E-state index contributed by atoms with van der Waals surface area (Å²) in [5.41, 5.74) is 1.06. The summed E-state index contributed by atoms with van der Waals surface area (Å²) in [7, 11) is 4.80.